The van der Waals surface area contributed by atoms with Gasteiger partial charge in [-0.05, 0) is 42.2 Å². The predicted octanol–water partition coefficient (Wildman–Crippen LogP) is 5.84. The molecule has 0 radical (unpaired) electrons. The summed E-state index contributed by atoms with van der Waals surface area (Å²) in [6, 6.07) is 28.2. The zero-order valence-electron chi connectivity index (χ0n) is 17.4. The standard InChI is InChI=1S/C26H28BrNO2/c1-3-30-25(29)26(28,19(2)21-13-8-5-9-14-21)24(17-20-11-6-4-7-12-20)22-15-10-16-23(27)18-22/h4-16,18-19,24H,3,17,28H2,1-2H3. The topological polar surface area (TPSA) is 52.3 Å². The van der Waals surface area contributed by atoms with Gasteiger partial charge in [0.25, 0.3) is 0 Å². The Bertz CT molecular complexity index is 961. The molecule has 0 aromatic heterocycles. The van der Waals surface area contributed by atoms with Crippen molar-refractivity contribution < 1.29 is 9.53 Å². The van der Waals surface area contributed by atoms with Gasteiger partial charge in [-0.3, -0.25) is 4.79 Å². The van der Waals surface area contributed by atoms with Gasteiger partial charge in [0.1, 0.15) is 5.54 Å². The number of hydrogen-bond donors (Lipinski definition) is 1. The van der Waals surface area contributed by atoms with Gasteiger partial charge in [0.05, 0.1) is 6.61 Å². The first kappa shape index (κ1) is 22.3. The highest BCUT2D eigenvalue weighted by Crippen LogP contribution is 2.41. The summed E-state index contributed by atoms with van der Waals surface area (Å²) in [5, 5.41) is 0. The number of ether oxygens (including phenoxy) is 1. The average Bonchev–Trinajstić information content (AvgIpc) is 2.78. The highest BCUT2D eigenvalue weighted by atomic mass is 79.9. The maximum atomic E-state index is 13.4. The lowest BCUT2D eigenvalue weighted by atomic mass is 9.67. The monoisotopic (exact) mass is 465 g/mol. The van der Waals surface area contributed by atoms with E-state index >= 15 is 0 Å². The van der Waals surface area contributed by atoms with Gasteiger partial charge in [-0.25, -0.2) is 0 Å². The molecule has 3 aromatic rings. The summed E-state index contributed by atoms with van der Waals surface area (Å²) >= 11 is 3.58. The Morgan fingerprint density at radius 3 is 2.17 bits per heavy atom. The van der Waals surface area contributed by atoms with E-state index in [0.717, 1.165) is 21.2 Å². The van der Waals surface area contributed by atoms with Crippen LogP contribution in [0.3, 0.4) is 0 Å². The zero-order valence-corrected chi connectivity index (χ0v) is 19.0. The Balaban J connectivity index is 2.15. The first-order valence-electron chi connectivity index (χ1n) is 10.3. The van der Waals surface area contributed by atoms with Crippen LogP contribution in [0.1, 0.15) is 42.4 Å². The van der Waals surface area contributed by atoms with Crippen molar-refractivity contribution in [1.29, 1.82) is 0 Å². The number of nitrogens with two attached hydrogens (primary N) is 1. The van der Waals surface area contributed by atoms with Crippen molar-refractivity contribution in [3.8, 4) is 0 Å². The summed E-state index contributed by atoms with van der Waals surface area (Å²) in [5.74, 6) is -0.889. The highest BCUT2D eigenvalue weighted by Gasteiger charge is 2.49. The molecule has 3 nitrogen and oxygen atoms in total. The molecule has 30 heavy (non-hydrogen) atoms. The van der Waals surface area contributed by atoms with Crippen LogP contribution in [0, 0.1) is 0 Å². The summed E-state index contributed by atoms with van der Waals surface area (Å²) in [6.45, 7) is 4.12. The van der Waals surface area contributed by atoms with Gasteiger partial charge in [-0.1, -0.05) is 95.7 Å². The molecule has 0 saturated carbocycles. The van der Waals surface area contributed by atoms with Crippen LogP contribution in [0.15, 0.2) is 89.4 Å². The van der Waals surface area contributed by atoms with E-state index < -0.39 is 5.54 Å². The van der Waals surface area contributed by atoms with E-state index in [1.165, 1.54) is 0 Å². The Morgan fingerprint density at radius 1 is 0.967 bits per heavy atom. The number of benzene rings is 3. The van der Waals surface area contributed by atoms with E-state index in [1.807, 2.05) is 86.6 Å². The molecule has 3 aromatic carbocycles. The second-order valence-electron chi connectivity index (χ2n) is 7.58. The summed E-state index contributed by atoms with van der Waals surface area (Å²) in [5.41, 5.74) is 8.99. The molecule has 0 bridgehead atoms. The third kappa shape index (κ3) is 4.82. The molecule has 156 valence electrons. The van der Waals surface area contributed by atoms with Crippen LogP contribution in [-0.2, 0) is 16.0 Å². The van der Waals surface area contributed by atoms with E-state index in [1.54, 1.807) is 0 Å². The average molecular weight is 466 g/mol. The zero-order chi connectivity index (χ0) is 21.6. The third-order valence-electron chi connectivity index (χ3n) is 5.76. The Morgan fingerprint density at radius 2 is 1.57 bits per heavy atom. The number of hydrogen-bond acceptors (Lipinski definition) is 3. The Labute approximate surface area is 187 Å². The van der Waals surface area contributed by atoms with Crippen molar-refractivity contribution in [2.75, 3.05) is 6.61 Å². The first-order chi connectivity index (χ1) is 14.5. The number of carbonyl (C=O) groups excluding carboxylic acids is 1. The van der Waals surface area contributed by atoms with Gasteiger partial charge < -0.3 is 10.5 Å². The molecular formula is C26H28BrNO2. The lowest BCUT2D eigenvalue weighted by molar-refractivity contribution is -0.151. The lowest BCUT2D eigenvalue weighted by Crippen LogP contribution is -2.58. The number of esters is 1. The summed E-state index contributed by atoms with van der Waals surface area (Å²) < 4.78 is 6.50. The van der Waals surface area contributed by atoms with E-state index in [9.17, 15) is 4.79 Å². The maximum absolute atomic E-state index is 13.4. The van der Waals surface area contributed by atoms with Crippen molar-refractivity contribution in [3.63, 3.8) is 0 Å². The van der Waals surface area contributed by atoms with E-state index in [-0.39, 0.29) is 24.4 Å². The number of halogens is 1. The van der Waals surface area contributed by atoms with Crippen LogP contribution in [0.5, 0.6) is 0 Å². The molecule has 3 atom stereocenters. The minimum atomic E-state index is -1.24. The summed E-state index contributed by atoms with van der Waals surface area (Å²) in [7, 11) is 0. The molecule has 4 heteroatoms. The molecule has 0 aliphatic heterocycles. The molecule has 2 N–H and O–H groups in total. The molecule has 0 fully saturated rings. The van der Waals surface area contributed by atoms with Gasteiger partial charge in [-0.15, -0.1) is 0 Å². The fourth-order valence-electron chi connectivity index (χ4n) is 4.03. The fourth-order valence-corrected chi connectivity index (χ4v) is 4.45. The van der Waals surface area contributed by atoms with Crippen LogP contribution in [-0.4, -0.2) is 18.1 Å². The minimum absolute atomic E-state index is 0.245. The van der Waals surface area contributed by atoms with Crippen LogP contribution >= 0.6 is 15.9 Å². The van der Waals surface area contributed by atoms with Crippen molar-refractivity contribution in [1.82, 2.24) is 0 Å². The van der Waals surface area contributed by atoms with Crippen molar-refractivity contribution in [3.05, 3.63) is 106 Å². The second kappa shape index (κ2) is 10.1. The Kier molecular flexibility index (Phi) is 7.46. The van der Waals surface area contributed by atoms with Crippen molar-refractivity contribution >= 4 is 21.9 Å². The third-order valence-corrected chi connectivity index (χ3v) is 6.25. The SMILES string of the molecule is CCOC(=O)C(N)(C(C)c1ccccc1)C(Cc1ccccc1)c1cccc(Br)c1. The Hall–Kier alpha value is -2.43. The van der Waals surface area contributed by atoms with E-state index in [4.69, 9.17) is 10.5 Å². The number of carbonyl (C=O) groups is 1. The van der Waals surface area contributed by atoms with Crippen molar-refractivity contribution in [2.24, 2.45) is 5.73 Å². The first-order valence-corrected chi connectivity index (χ1v) is 11.1. The normalized spacial score (nSPS) is 15.1. The van der Waals surface area contributed by atoms with E-state index in [0.29, 0.717) is 6.42 Å². The fraction of sp³-hybridized carbons (Fsp3) is 0.269. The molecule has 0 saturated heterocycles. The van der Waals surface area contributed by atoms with Gasteiger partial charge in [0.15, 0.2) is 0 Å². The van der Waals surface area contributed by atoms with Gasteiger partial charge >= 0.3 is 5.97 Å². The molecule has 0 heterocycles. The summed E-state index contributed by atoms with van der Waals surface area (Å²) in [6.07, 6.45) is 0.629. The quantitative estimate of drug-likeness (QED) is 0.425. The summed E-state index contributed by atoms with van der Waals surface area (Å²) in [4.78, 5) is 13.4. The molecule has 3 rings (SSSR count). The molecule has 0 spiro atoms. The van der Waals surface area contributed by atoms with Gasteiger partial charge in [0, 0.05) is 16.3 Å². The van der Waals surface area contributed by atoms with Crippen LogP contribution in [0.4, 0.5) is 0 Å². The van der Waals surface area contributed by atoms with Crippen LogP contribution < -0.4 is 5.73 Å². The van der Waals surface area contributed by atoms with Crippen molar-refractivity contribution in [2.45, 2.75) is 37.6 Å². The van der Waals surface area contributed by atoms with E-state index in [2.05, 4.69) is 28.1 Å². The molecule has 3 unspecified atom stereocenters. The van der Waals surface area contributed by atoms with Gasteiger partial charge in [-0.2, -0.15) is 0 Å². The molecule has 0 aliphatic rings. The lowest BCUT2D eigenvalue weighted by Gasteiger charge is -2.40. The van der Waals surface area contributed by atoms with Crippen LogP contribution in [0.25, 0.3) is 0 Å². The van der Waals surface area contributed by atoms with Crippen LogP contribution in [0.2, 0.25) is 0 Å². The molecular weight excluding hydrogens is 438 g/mol. The largest absolute Gasteiger partial charge is 0.465 e. The smallest absolute Gasteiger partial charge is 0.327 e. The highest BCUT2D eigenvalue weighted by molar-refractivity contribution is 9.10. The second-order valence-corrected chi connectivity index (χ2v) is 8.50. The predicted molar refractivity (Wildman–Crippen MR) is 125 cm³/mol. The van der Waals surface area contributed by atoms with Gasteiger partial charge in [0.2, 0.25) is 0 Å². The minimum Gasteiger partial charge on any atom is -0.465 e. The number of rotatable bonds is 8. The maximum Gasteiger partial charge on any atom is 0.327 e. The molecule has 0 aliphatic carbocycles. The molecule has 0 amide bonds.